The predicted molar refractivity (Wildman–Crippen MR) is 67.3 cm³/mol. The molecule has 0 aliphatic heterocycles. The van der Waals surface area contributed by atoms with Crippen molar-refractivity contribution >= 4 is 17.8 Å². The molecule has 0 heterocycles. The fraction of sp³-hybridized carbons (Fsp3) is 0.769. The summed E-state index contributed by atoms with van der Waals surface area (Å²) in [5, 5.41) is 8.92. The second-order valence-corrected chi connectivity index (χ2v) is 5.19. The summed E-state index contributed by atoms with van der Waals surface area (Å²) in [5.41, 5.74) is 0. The Morgan fingerprint density at radius 2 is 1.89 bits per heavy atom. The number of carbonyl (C=O) groups excluding carboxylic acids is 2. The number of hydrogen-bond donors (Lipinski definition) is 1. The van der Waals surface area contributed by atoms with E-state index in [0.29, 0.717) is 25.8 Å². The molecule has 3 atom stereocenters. The summed E-state index contributed by atoms with van der Waals surface area (Å²) < 4.78 is 4.61. The van der Waals surface area contributed by atoms with Crippen molar-refractivity contribution in [2.45, 2.75) is 26.2 Å². The molecule has 19 heavy (non-hydrogen) atoms. The Bertz CT molecular complexity index is 368. The first-order valence-electron chi connectivity index (χ1n) is 6.42. The molecule has 0 aromatic carbocycles. The number of carboxylic acids is 1. The van der Waals surface area contributed by atoms with E-state index in [4.69, 9.17) is 5.11 Å². The lowest BCUT2D eigenvalue weighted by Crippen LogP contribution is -2.37. The first-order chi connectivity index (χ1) is 8.86. The Labute approximate surface area is 112 Å². The molecule has 0 radical (unpaired) electrons. The minimum Gasteiger partial charge on any atom is -0.481 e. The van der Waals surface area contributed by atoms with Gasteiger partial charge < -0.3 is 14.7 Å². The van der Waals surface area contributed by atoms with Crippen LogP contribution in [0.5, 0.6) is 0 Å². The normalized spacial score (nSPS) is 23.7. The van der Waals surface area contributed by atoms with Crippen LogP contribution >= 0.6 is 0 Å². The van der Waals surface area contributed by atoms with Gasteiger partial charge in [-0.05, 0) is 19.3 Å². The number of carbonyl (C=O) groups is 3. The highest BCUT2D eigenvalue weighted by atomic mass is 16.5. The molecule has 108 valence electrons. The molecule has 6 nitrogen and oxygen atoms in total. The maximum absolute atomic E-state index is 12.1. The number of aliphatic carboxylic acids is 1. The average Bonchev–Trinajstić information content (AvgIpc) is 2.86. The van der Waals surface area contributed by atoms with Crippen molar-refractivity contribution in [2.75, 3.05) is 20.7 Å². The molecule has 0 aromatic rings. The molecule has 1 aliphatic carbocycles. The van der Waals surface area contributed by atoms with Gasteiger partial charge in [0, 0.05) is 19.5 Å². The molecule has 1 aliphatic rings. The Morgan fingerprint density at radius 3 is 2.37 bits per heavy atom. The highest BCUT2D eigenvalue weighted by molar-refractivity contribution is 5.81. The van der Waals surface area contributed by atoms with Crippen molar-refractivity contribution in [1.29, 1.82) is 0 Å². The SMILES string of the molecule is COC(=O)C(C)CN(C)C(=O)C1CCC(C(=O)O)C1. The third-order valence-electron chi connectivity index (χ3n) is 3.66. The van der Waals surface area contributed by atoms with Crippen LogP contribution in [0, 0.1) is 17.8 Å². The molecule has 0 bridgehead atoms. The lowest BCUT2D eigenvalue weighted by atomic mass is 10.0. The summed E-state index contributed by atoms with van der Waals surface area (Å²) in [7, 11) is 2.95. The largest absolute Gasteiger partial charge is 0.481 e. The third kappa shape index (κ3) is 3.94. The fourth-order valence-electron chi connectivity index (χ4n) is 2.52. The fourth-order valence-corrected chi connectivity index (χ4v) is 2.52. The van der Waals surface area contributed by atoms with Crippen LogP contribution in [-0.4, -0.2) is 48.6 Å². The number of amides is 1. The number of carboxylic acid groups (broad SMARTS) is 1. The quantitative estimate of drug-likeness (QED) is 0.746. The molecule has 0 spiro atoms. The molecule has 1 fully saturated rings. The zero-order valence-corrected chi connectivity index (χ0v) is 11.6. The van der Waals surface area contributed by atoms with E-state index < -0.39 is 11.9 Å². The first-order valence-corrected chi connectivity index (χ1v) is 6.42. The van der Waals surface area contributed by atoms with E-state index in [-0.39, 0.29) is 23.7 Å². The van der Waals surface area contributed by atoms with Gasteiger partial charge in [0.1, 0.15) is 0 Å². The van der Waals surface area contributed by atoms with Crippen molar-refractivity contribution in [1.82, 2.24) is 4.90 Å². The summed E-state index contributed by atoms with van der Waals surface area (Å²) in [4.78, 5) is 35.8. The number of hydrogen-bond acceptors (Lipinski definition) is 4. The zero-order valence-electron chi connectivity index (χ0n) is 11.6. The van der Waals surface area contributed by atoms with E-state index in [1.165, 1.54) is 12.0 Å². The van der Waals surface area contributed by atoms with Crippen LogP contribution in [0.15, 0.2) is 0 Å². The van der Waals surface area contributed by atoms with Gasteiger partial charge in [-0.3, -0.25) is 14.4 Å². The third-order valence-corrected chi connectivity index (χ3v) is 3.66. The molecule has 0 aromatic heterocycles. The Balaban J connectivity index is 2.49. The van der Waals surface area contributed by atoms with E-state index >= 15 is 0 Å². The smallest absolute Gasteiger partial charge is 0.310 e. The molecule has 1 saturated carbocycles. The Kier molecular flexibility index (Phi) is 5.32. The van der Waals surface area contributed by atoms with Crippen LogP contribution in [0.3, 0.4) is 0 Å². The molecule has 6 heteroatoms. The van der Waals surface area contributed by atoms with Gasteiger partial charge >= 0.3 is 11.9 Å². The van der Waals surface area contributed by atoms with Gasteiger partial charge in [0.05, 0.1) is 18.9 Å². The number of methoxy groups -OCH3 is 1. The Hall–Kier alpha value is -1.59. The maximum atomic E-state index is 12.1. The van der Waals surface area contributed by atoms with Crippen LogP contribution in [0.4, 0.5) is 0 Å². The second kappa shape index (κ2) is 6.54. The van der Waals surface area contributed by atoms with Crippen molar-refractivity contribution in [3.8, 4) is 0 Å². The number of rotatable bonds is 5. The van der Waals surface area contributed by atoms with Crippen LogP contribution in [-0.2, 0) is 19.1 Å². The predicted octanol–water partition coefficient (Wildman–Crippen LogP) is 0.755. The van der Waals surface area contributed by atoms with Crippen molar-refractivity contribution in [3.05, 3.63) is 0 Å². The molecule has 1 amide bonds. The highest BCUT2D eigenvalue weighted by Gasteiger charge is 2.35. The van der Waals surface area contributed by atoms with E-state index in [9.17, 15) is 14.4 Å². The topological polar surface area (TPSA) is 83.9 Å². The summed E-state index contributed by atoms with van der Waals surface area (Å²) in [6.45, 7) is 1.99. The van der Waals surface area contributed by atoms with Gasteiger partial charge in [0.25, 0.3) is 0 Å². The standard InChI is InChI=1S/C13H21NO5/c1-8(13(18)19-3)7-14(2)11(15)9-4-5-10(6-9)12(16)17/h8-10H,4-7H2,1-3H3,(H,16,17). The highest BCUT2D eigenvalue weighted by Crippen LogP contribution is 2.32. The molecule has 1 rings (SSSR count). The molecule has 0 saturated heterocycles. The van der Waals surface area contributed by atoms with Crippen molar-refractivity contribution in [2.24, 2.45) is 17.8 Å². The summed E-state index contributed by atoms with van der Waals surface area (Å²) >= 11 is 0. The summed E-state index contributed by atoms with van der Waals surface area (Å²) in [6.07, 6.45) is 1.55. The van der Waals surface area contributed by atoms with Crippen LogP contribution in [0.1, 0.15) is 26.2 Å². The average molecular weight is 271 g/mol. The van der Waals surface area contributed by atoms with E-state index in [2.05, 4.69) is 4.74 Å². The second-order valence-electron chi connectivity index (χ2n) is 5.19. The maximum Gasteiger partial charge on any atom is 0.310 e. The number of nitrogens with zero attached hydrogens (tertiary/aromatic N) is 1. The van der Waals surface area contributed by atoms with Gasteiger partial charge in [0.2, 0.25) is 5.91 Å². The van der Waals surface area contributed by atoms with Gasteiger partial charge in [-0.2, -0.15) is 0 Å². The van der Waals surface area contributed by atoms with Crippen LogP contribution in [0.25, 0.3) is 0 Å². The minimum absolute atomic E-state index is 0.0838. The monoisotopic (exact) mass is 271 g/mol. The summed E-state index contributed by atoms with van der Waals surface area (Å²) in [6, 6.07) is 0. The Morgan fingerprint density at radius 1 is 1.32 bits per heavy atom. The van der Waals surface area contributed by atoms with Gasteiger partial charge in [0.15, 0.2) is 0 Å². The minimum atomic E-state index is -0.833. The van der Waals surface area contributed by atoms with Crippen LogP contribution < -0.4 is 0 Å². The van der Waals surface area contributed by atoms with Gasteiger partial charge in [-0.1, -0.05) is 6.92 Å². The molecular formula is C13H21NO5. The van der Waals surface area contributed by atoms with E-state index in [0.717, 1.165) is 0 Å². The zero-order chi connectivity index (χ0) is 14.6. The molecular weight excluding hydrogens is 250 g/mol. The van der Waals surface area contributed by atoms with Crippen LogP contribution in [0.2, 0.25) is 0 Å². The summed E-state index contributed by atoms with van der Waals surface area (Å²) in [5.74, 6) is -2.30. The lowest BCUT2D eigenvalue weighted by Gasteiger charge is -2.23. The lowest BCUT2D eigenvalue weighted by molar-refractivity contribution is -0.146. The van der Waals surface area contributed by atoms with Crippen molar-refractivity contribution < 1.29 is 24.2 Å². The molecule has 1 N–H and O–H groups in total. The van der Waals surface area contributed by atoms with E-state index in [1.807, 2.05) is 0 Å². The van der Waals surface area contributed by atoms with Crippen molar-refractivity contribution in [3.63, 3.8) is 0 Å². The number of esters is 1. The first kappa shape index (κ1) is 15.5. The number of ether oxygens (including phenoxy) is 1. The van der Waals surface area contributed by atoms with Gasteiger partial charge in [-0.15, -0.1) is 0 Å². The van der Waals surface area contributed by atoms with Gasteiger partial charge in [-0.25, -0.2) is 0 Å². The molecule has 3 unspecified atom stereocenters. The van der Waals surface area contributed by atoms with E-state index in [1.54, 1.807) is 14.0 Å².